The molecule has 0 spiro atoms. The number of nitrogens with zero attached hydrogens (tertiary/aromatic N) is 2. The summed E-state index contributed by atoms with van der Waals surface area (Å²) in [6.45, 7) is 0. The van der Waals surface area contributed by atoms with Crippen molar-refractivity contribution in [3.8, 4) is 22.5 Å². The highest BCUT2D eigenvalue weighted by Gasteiger charge is 2.14. The minimum absolute atomic E-state index is 0.00140. The van der Waals surface area contributed by atoms with Crippen molar-refractivity contribution >= 4 is 21.9 Å². The van der Waals surface area contributed by atoms with Crippen LogP contribution in [0.3, 0.4) is 0 Å². The summed E-state index contributed by atoms with van der Waals surface area (Å²) < 4.78 is 0.978. The first-order valence-electron chi connectivity index (χ1n) is 6.57. The lowest BCUT2D eigenvalue weighted by Crippen LogP contribution is -2.02. The third-order valence-corrected chi connectivity index (χ3v) is 3.71. The minimum atomic E-state index is -1.06. The Hall–Kier alpha value is -2.53. The van der Waals surface area contributed by atoms with Gasteiger partial charge in [-0.1, -0.05) is 34.1 Å². The zero-order chi connectivity index (χ0) is 15.5. The fraction of sp³-hybridized carbons (Fsp3) is 0. The van der Waals surface area contributed by atoms with Gasteiger partial charge in [0.2, 0.25) is 0 Å². The Bertz CT molecular complexity index is 818. The molecule has 5 heteroatoms. The van der Waals surface area contributed by atoms with Gasteiger partial charge < -0.3 is 5.11 Å². The number of carboxylic acid groups (broad SMARTS) is 1. The number of hydrogen-bond donors (Lipinski definition) is 1. The van der Waals surface area contributed by atoms with Crippen LogP contribution < -0.4 is 0 Å². The van der Waals surface area contributed by atoms with Crippen molar-refractivity contribution in [2.24, 2.45) is 0 Å². The van der Waals surface area contributed by atoms with Crippen LogP contribution in [0.2, 0.25) is 0 Å². The monoisotopic (exact) mass is 354 g/mol. The molecule has 0 aliphatic heterocycles. The van der Waals surface area contributed by atoms with E-state index in [2.05, 4.69) is 25.9 Å². The number of pyridine rings is 2. The molecule has 0 amide bonds. The summed E-state index contributed by atoms with van der Waals surface area (Å²) >= 11 is 3.41. The summed E-state index contributed by atoms with van der Waals surface area (Å²) in [5, 5.41) is 9.16. The van der Waals surface area contributed by atoms with Gasteiger partial charge >= 0.3 is 5.97 Å². The molecule has 2 heterocycles. The molecule has 4 nitrogen and oxygen atoms in total. The van der Waals surface area contributed by atoms with Gasteiger partial charge in [0.25, 0.3) is 0 Å². The first kappa shape index (κ1) is 14.4. The van der Waals surface area contributed by atoms with Gasteiger partial charge in [-0.3, -0.25) is 4.98 Å². The van der Waals surface area contributed by atoms with Crippen molar-refractivity contribution in [1.82, 2.24) is 9.97 Å². The fourth-order valence-electron chi connectivity index (χ4n) is 2.14. The van der Waals surface area contributed by atoms with Crippen LogP contribution in [0.15, 0.2) is 65.3 Å². The summed E-state index contributed by atoms with van der Waals surface area (Å²) in [6.07, 6.45) is 1.66. The van der Waals surface area contributed by atoms with Gasteiger partial charge in [-0.15, -0.1) is 0 Å². The van der Waals surface area contributed by atoms with Crippen LogP contribution in [0.25, 0.3) is 22.5 Å². The Balaban J connectivity index is 2.21. The lowest BCUT2D eigenvalue weighted by atomic mass is 10.0. The van der Waals surface area contributed by atoms with E-state index in [1.165, 1.54) is 6.07 Å². The molecule has 3 aromatic rings. The summed E-state index contributed by atoms with van der Waals surface area (Å²) in [5.41, 5.74) is 3.00. The van der Waals surface area contributed by atoms with Gasteiger partial charge in [-0.2, -0.15) is 0 Å². The van der Waals surface area contributed by atoms with E-state index < -0.39 is 5.97 Å². The molecule has 0 saturated heterocycles. The first-order chi connectivity index (χ1) is 10.6. The molecule has 0 fully saturated rings. The molecule has 0 atom stereocenters. The van der Waals surface area contributed by atoms with Crippen LogP contribution in [0.5, 0.6) is 0 Å². The van der Waals surface area contributed by atoms with E-state index in [0.717, 1.165) is 15.6 Å². The number of aromatic carboxylic acids is 1. The second kappa shape index (κ2) is 6.07. The highest BCUT2D eigenvalue weighted by molar-refractivity contribution is 9.10. The number of halogens is 1. The number of carboxylic acids is 1. The van der Waals surface area contributed by atoms with Crippen LogP contribution >= 0.6 is 15.9 Å². The van der Waals surface area contributed by atoms with Gasteiger partial charge in [0.1, 0.15) is 5.69 Å². The average molecular weight is 355 g/mol. The number of carbonyl (C=O) groups is 1. The standard InChI is InChI=1S/C17H11BrN2O2/c18-12-6-4-11(5-7-12)13-8-9-15(17(21)22)20-16(13)14-3-1-2-10-19-14/h1-10H,(H,21,22). The predicted octanol–water partition coefficient (Wildman–Crippen LogP) is 4.27. The largest absolute Gasteiger partial charge is 0.477 e. The second-order valence-corrected chi connectivity index (χ2v) is 5.54. The zero-order valence-electron chi connectivity index (χ0n) is 11.4. The maximum Gasteiger partial charge on any atom is 0.354 e. The van der Waals surface area contributed by atoms with Crippen molar-refractivity contribution in [3.05, 3.63) is 71.0 Å². The van der Waals surface area contributed by atoms with Crippen molar-refractivity contribution < 1.29 is 9.90 Å². The topological polar surface area (TPSA) is 63.1 Å². The van der Waals surface area contributed by atoms with Crippen LogP contribution in [0.1, 0.15) is 10.5 Å². The molecule has 0 unspecified atom stereocenters. The highest BCUT2D eigenvalue weighted by Crippen LogP contribution is 2.30. The molecule has 0 aliphatic carbocycles. The number of benzene rings is 1. The molecule has 0 radical (unpaired) electrons. The quantitative estimate of drug-likeness (QED) is 0.762. The lowest BCUT2D eigenvalue weighted by molar-refractivity contribution is 0.0690. The van der Waals surface area contributed by atoms with Gasteiger partial charge in [0, 0.05) is 16.2 Å². The average Bonchev–Trinajstić information content (AvgIpc) is 2.56. The molecule has 1 N–H and O–H groups in total. The van der Waals surface area contributed by atoms with E-state index in [1.54, 1.807) is 12.3 Å². The molecule has 3 rings (SSSR count). The number of hydrogen-bond acceptors (Lipinski definition) is 3. The highest BCUT2D eigenvalue weighted by atomic mass is 79.9. The van der Waals surface area contributed by atoms with Gasteiger partial charge in [-0.05, 0) is 42.0 Å². The SMILES string of the molecule is O=C(O)c1ccc(-c2ccc(Br)cc2)c(-c2ccccn2)n1. The van der Waals surface area contributed by atoms with Crippen molar-refractivity contribution in [3.63, 3.8) is 0 Å². The van der Waals surface area contributed by atoms with E-state index in [9.17, 15) is 4.79 Å². The summed E-state index contributed by atoms with van der Waals surface area (Å²) in [4.78, 5) is 19.7. The molecule has 0 saturated carbocycles. The fourth-order valence-corrected chi connectivity index (χ4v) is 2.40. The molecule has 2 aromatic heterocycles. The van der Waals surface area contributed by atoms with Gasteiger partial charge in [0.15, 0.2) is 0 Å². The normalized spacial score (nSPS) is 10.4. The Morgan fingerprint density at radius 3 is 2.41 bits per heavy atom. The van der Waals surface area contributed by atoms with Crippen LogP contribution in [0.4, 0.5) is 0 Å². The molecule has 0 aliphatic rings. The van der Waals surface area contributed by atoms with E-state index in [-0.39, 0.29) is 5.69 Å². The molecule has 108 valence electrons. The molecule has 0 bridgehead atoms. The Kier molecular flexibility index (Phi) is 3.98. The number of aromatic nitrogens is 2. The Morgan fingerprint density at radius 2 is 1.77 bits per heavy atom. The third kappa shape index (κ3) is 2.89. The van der Waals surface area contributed by atoms with E-state index in [1.807, 2.05) is 42.5 Å². The number of rotatable bonds is 3. The van der Waals surface area contributed by atoms with E-state index >= 15 is 0 Å². The maximum atomic E-state index is 11.2. The molecular formula is C17H11BrN2O2. The predicted molar refractivity (Wildman–Crippen MR) is 87.6 cm³/mol. The first-order valence-corrected chi connectivity index (χ1v) is 7.36. The molecule has 22 heavy (non-hydrogen) atoms. The summed E-state index contributed by atoms with van der Waals surface area (Å²) in [7, 11) is 0. The van der Waals surface area contributed by atoms with E-state index in [4.69, 9.17) is 5.11 Å². The van der Waals surface area contributed by atoms with Gasteiger partial charge in [-0.25, -0.2) is 9.78 Å². The van der Waals surface area contributed by atoms with Crippen molar-refractivity contribution in [2.75, 3.05) is 0 Å². The molecule has 1 aromatic carbocycles. The zero-order valence-corrected chi connectivity index (χ0v) is 13.0. The third-order valence-electron chi connectivity index (χ3n) is 3.18. The second-order valence-electron chi connectivity index (χ2n) is 4.62. The van der Waals surface area contributed by atoms with Crippen LogP contribution in [-0.2, 0) is 0 Å². The van der Waals surface area contributed by atoms with Crippen LogP contribution in [-0.4, -0.2) is 21.0 Å². The van der Waals surface area contributed by atoms with Crippen LogP contribution in [0, 0.1) is 0 Å². The van der Waals surface area contributed by atoms with E-state index in [0.29, 0.717) is 11.4 Å². The Morgan fingerprint density at radius 1 is 1.00 bits per heavy atom. The Labute approximate surface area is 135 Å². The van der Waals surface area contributed by atoms with Crippen molar-refractivity contribution in [1.29, 1.82) is 0 Å². The molecular weight excluding hydrogens is 344 g/mol. The summed E-state index contributed by atoms with van der Waals surface area (Å²) in [5.74, 6) is -1.06. The van der Waals surface area contributed by atoms with Crippen molar-refractivity contribution in [2.45, 2.75) is 0 Å². The smallest absolute Gasteiger partial charge is 0.354 e. The van der Waals surface area contributed by atoms with Gasteiger partial charge in [0.05, 0.1) is 11.4 Å². The maximum absolute atomic E-state index is 11.2. The lowest BCUT2D eigenvalue weighted by Gasteiger charge is -2.09. The minimum Gasteiger partial charge on any atom is -0.477 e. The summed E-state index contributed by atoms with van der Waals surface area (Å²) in [6, 6.07) is 16.5.